The van der Waals surface area contributed by atoms with Crippen molar-refractivity contribution in [3.63, 3.8) is 0 Å². The van der Waals surface area contributed by atoms with Gasteiger partial charge in [0, 0.05) is 6.54 Å². The Morgan fingerprint density at radius 3 is 2.89 bits per heavy atom. The monoisotopic (exact) mass is 245 g/mol. The normalized spacial score (nSPS) is 10.6. The molecule has 0 amide bonds. The lowest BCUT2D eigenvalue weighted by Gasteiger charge is -2.10. The molecule has 2 N–H and O–H groups in total. The topological polar surface area (TPSA) is 53.1 Å². The van der Waals surface area contributed by atoms with Crippen LogP contribution in [0.25, 0.3) is 0 Å². The zero-order valence-electron chi connectivity index (χ0n) is 10.9. The highest BCUT2D eigenvalue weighted by atomic mass is 16.5. The van der Waals surface area contributed by atoms with Crippen molar-refractivity contribution in [1.29, 1.82) is 0 Å². The van der Waals surface area contributed by atoms with Gasteiger partial charge in [-0.25, -0.2) is 0 Å². The van der Waals surface area contributed by atoms with Gasteiger partial charge in [0.15, 0.2) is 5.75 Å². The minimum Gasteiger partial charge on any atom is -0.454 e. The van der Waals surface area contributed by atoms with Gasteiger partial charge in [-0.15, -0.1) is 0 Å². The Hall–Kier alpha value is -1.81. The largest absolute Gasteiger partial charge is 0.454 e. The molecule has 0 aliphatic heterocycles. The summed E-state index contributed by atoms with van der Waals surface area (Å²) < 4.78 is 7.70. The first-order valence-corrected chi connectivity index (χ1v) is 6.23. The summed E-state index contributed by atoms with van der Waals surface area (Å²) in [5.74, 6) is 1.63. The maximum absolute atomic E-state index is 5.86. The van der Waals surface area contributed by atoms with E-state index in [9.17, 15) is 0 Å². The molecule has 2 aromatic rings. The van der Waals surface area contributed by atoms with Crippen LogP contribution in [0, 0.1) is 6.92 Å². The molecule has 0 spiro atoms. The molecule has 0 fully saturated rings. The van der Waals surface area contributed by atoms with Crippen molar-refractivity contribution >= 4 is 0 Å². The quantitative estimate of drug-likeness (QED) is 0.880. The first-order valence-electron chi connectivity index (χ1n) is 6.23. The third kappa shape index (κ3) is 2.90. The molecule has 0 atom stereocenters. The molecular weight excluding hydrogens is 226 g/mol. The molecule has 2 rings (SSSR count). The second-order valence-electron chi connectivity index (χ2n) is 4.28. The third-order valence-corrected chi connectivity index (χ3v) is 2.79. The van der Waals surface area contributed by atoms with Crippen molar-refractivity contribution in [3.05, 3.63) is 41.7 Å². The van der Waals surface area contributed by atoms with Gasteiger partial charge in [0.1, 0.15) is 5.75 Å². The van der Waals surface area contributed by atoms with Crippen LogP contribution in [0.1, 0.15) is 18.1 Å². The van der Waals surface area contributed by atoms with E-state index in [0.717, 1.165) is 30.0 Å². The lowest BCUT2D eigenvalue weighted by atomic mass is 10.1. The predicted molar refractivity (Wildman–Crippen MR) is 71.9 cm³/mol. The minimum atomic E-state index is 0.619. The summed E-state index contributed by atoms with van der Waals surface area (Å²) in [5, 5.41) is 4.19. The number of nitrogens with zero attached hydrogens (tertiary/aromatic N) is 2. The van der Waals surface area contributed by atoms with Crippen molar-refractivity contribution in [2.24, 2.45) is 5.73 Å². The van der Waals surface area contributed by atoms with Gasteiger partial charge in [-0.3, -0.25) is 4.68 Å². The fourth-order valence-electron chi connectivity index (χ4n) is 1.86. The molecular formula is C14H19N3O. The van der Waals surface area contributed by atoms with Crippen molar-refractivity contribution in [2.75, 3.05) is 6.54 Å². The summed E-state index contributed by atoms with van der Waals surface area (Å²) in [5.41, 5.74) is 7.98. The van der Waals surface area contributed by atoms with Crippen LogP contribution in [0.4, 0.5) is 0 Å². The van der Waals surface area contributed by atoms with Crippen LogP contribution in [0.3, 0.4) is 0 Å². The van der Waals surface area contributed by atoms with Gasteiger partial charge in [0.05, 0.1) is 12.4 Å². The van der Waals surface area contributed by atoms with Gasteiger partial charge < -0.3 is 10.5 Å². The molecule has 96 valence electrons. The van der Waals surface area contributed by atoms with Crippen LogP contribution in [-0.2, 0) is 13.0 Å². The summed E-state index contributed by atoms with van der Waals surface area (Å²) in [6, 6.07) is 6.15. The van der Waals surface area contributed by atoms with Gasteiger partial charge in [0.2, 0.25) is 0 Å². The van der Waals surface area contributed by atoms with Crippen LogP contribution in [0.15, 0.2) is 30.6 Å². The van der Waals surface area contributed by atoms with Crippen molar-refractivity contribution < 1.29 is 4.74 Å². The summed E-state index contributed by atoms with van der Waals surface area (Å²) in [6.45, 7) is 5.57. The van der Waals surface area contributed by atoms with Gasteiger partial charge in [-0.1, -0.05) is 17.7 Å². The van der Waals surface area contributed by atoms with Crippen LogP contribution in [0.2, 0.25) is 0 Å². The Morgan fingerprint density at radius 1 is 1.39 bits per heavy atom. The third-order valence-electron chi connectivity index (χ3n) is 2.79. The summed E-state index contributed by atoms with van der Waals surface area (Å²) in [4.78, 5) is 0. The Balaban J connectivity index is 2.22. The fourth-order valence-corrected chi connectivity index (χ4v) is 1.86. The maximum Gasteiger partial charge on any atom is 0.165 e. The standard InChI is InChI=1S/C14H19N3O/c1-3-17-10-13(9-16-17)18-14-5-4-11(2)8-12(14)6-7-15/h4-5,8-10H,3,6-7,15H2,1-2H3. The number of ether oxygens (including phenoxy) is 1. The number of hydrogen-bond acceptors (Lipinski definition) is 3. The Bertz CT molecular complexity index is 520. The molecule has 0 radical (unpaired) electrons. The number of nitrogens with two attached hydrogens (primary N) is 1. The second kappa shape index (κ2) is 5.69. The highest BCUT2D eigenvalue weighted by Crippen LogP contribution is 2.26. The van der Waals surface area contributed by atoms with E-state index in [2.05, 4.69) is 18.1 Å². The van der Waals surface area contributed by atoms with Gasteiger partial charge in [-0.05, 0) is 38.4 Å². The highest BCUT2D eigenvalue weighted by molar-refractivity contribution is 5.39. The lowest BCUT2D eigenvalue weighted by molar-refractivity contribution is 0.474. The smallest absolute Gasteiger partial charge is 0.165 e. The number of aromatic nitrogens is 2. The average Bonchev–Trinajstić information content (AvgIpc) is 2.81. The number of rotatable bonds is 5. The zero-order valence-corrected chi connectivity index (χ0v) is 10.9. The van der Waals surface area contributed by atoms with Crippen LogP contribution in [0.5, 0.6) is 11.5 Å². The Labute approximate surface area is 107 Å². The van der Waals surface area contributed by atoms with E-state index in [1.807, 2.05) is 29.9 Å². The molecule has 0 bridgehead atoms. The van der Waals surface area contributed by atoms with Gasteiger partial charge >= 0.3 is 0 Å². The predicted octanol–water partition coefficient (Wildman–Crippen LogP) is 2.50. The van der Waals surface area contributed by atoms with E-state index in [1.54, 1.807) is 6.20 Å². The number of benzene rings is 1. The van der Waals surface area contributed by atoms with E-state index in [0.29, 0.717) is 6.54 Å². The SMILES string of the molecule is CCn1cc(Oc2ccc(C)cc2CCN)cn1. The maximum atomic E-state index is 5.86. The first kappa shape index (κ1) is 12.6. The molecule has 0 saturated carbocycles. The molecule has 1 aromatic carbocycles. The molecule has 4 heteroatoms. The molecule has 0 unspecified atom stereocenters. The summed E-state index contributed by atoms with van der Waals surface area (Å²) in [6.07, 6.45) is 4.45. The first-order chi connectivity index (χ1) is 8.72. The number of hydrogen-bond donors (Lipinski definition) is 1. The van der Waals surface area contributed by atoms with E-state index in [4.69, 9.17) is 10.5 Å². The molecule has 0 aliphatic rings. The highest BCUT2D eigenvalue weighted by Gasteiger charge is 2.06. The molecule has 0 aliphatic carbocycles. The van der Waals surface area contributed by atoms with Crippen molar-refractivity contribution in [1.82, 2.24) is 9.78 Å². The molecule has 4 nitrogen and oxygen atoms in total. The molecule has 18 heavy (non-hydrogen) atoms. The van der Waals surface area contributed by atoms with E-state index in [-0.39, 0.29) is 0 Å². The van der Waals surface area contributed by atoms with E-state index < -0.39 is 0 Å². The van der Waals surface area contributed by atoms with Gasteiger partial charge in [0.25, 0.3) is 0 Å². The van der Waals surface area contributed by atoms with E-state index in [1.165, 1.54) is 5.56 Å². The summed E-state index contributed by atoms with van der Waals surface area (Å²) >= 11 is 0. The van der Waals surface area contributed by atoms with Crippen LogP contribution in [-0.4, -0.2) is 16.3 Å². The lowest BCUT2D eigenvalue weighted by Crippen LogP contribution is -2.04. The zero-order chi connectivity index (χ0) is 13.0. The Morgan fingerprint density at radius 2 is 2.22 bits per heavy atom. The number of aryl methyl sites for hydroxylation is 2. The molecule has 1 heterocycles. The molecule has 1 aromatic heterocycles. The Kier molecular flexibility index (Phi) is 3.99. The van der Waals surface area contributed by atoms with E-state index >= 15 is 0 Å². The van der Waals surface area contributed by atoms with Crippen LogP contribution >= 0.6 is 0 Å². The van der Waals surface area contributed by atoms with Crippen LogP contribution < -0.4 is 10.5 Å². The molecule has 0 saturated heterocycles. The van der Waals surface area contributed by atoms with Crippen molar-refractivity contribution in [2.45, 2.75) is 26.8 Å². The van der Waals surface area contributed by atoms with Gasteiger partial charge in [-0.2, -0.15) is 5.10 Å². The fraction of sp³-hybridized carbons (Fsp3) is 0.357. The van der Waals surface area contributed by atoms with Crippen molar-refractivity contribution in [3.8, 4) is 11.5 Å². The second-order valence-corrected chi connectivity index (χ2v) is 4.28. The summed E-state index contributed by atoms with van der Waals surface area (Å²) in [7, 11) is 0. The minimum absolute atomic E-state index is 0.619. The average molecular weight is 245 g/mol.